The molecular weight excluding hydrogens is 310 g/mol. The molecule has 1 saturated heterocycles. The van der Waals surface area contributed by atoms with Gasteiger partial charge in [0.25, 0.3) is 0 Å². The quantitative estimate of drug-likeness (QED) is 0.582. The van der Waals surface area contributed by atoms with Crippen molar-refractivity contribution in [2.24, 2.45) is 22.7 Å². The summed E-state index contributed by atoms with van der Waals surface area (Å²) >= 11 is 5.95. The molecule has 1 aromatic rings. The third-order valence-electron chi connectivity index (χ3n) is 6.44. The Bertz CT molecular complexity index is 752. The molecular formula is C19H16ClNO2. The van der Waals surface area contributed by atoms with E-state index in [1.165, 1.54) is 4.90 Å². The molecule has 2 amide bonds. The van der Waals surface area contributed by atoms with Crippen molar-refractivity contribution in [3.05, 3.63) is 53.6 Å². The molecule has 3 nitrogen and oxygen atoms in total. The highest BCUT2D eigenvalue weighted by atomic mass is 35.5. The molecule has 1 saturated carbocycles. The van der Waals surface area contributed by atoms with E-state index in [1.807, 2.05) is 0 Å². The van der Waals surface area contributed by atoms with Gasteiger partial charge in [0.2, 0.25) is 11.8 Å². The van der Waals surface area contributed by atoms with E-state index in [4.69, 9.17) is 11.6 Å². The number of hydrogen-bond donors (Lipinski definition) is 0. The SMILES string of the molecule is O=C1N(c2ccc(Cl)cc2)C(=O)C23CC=C[C@H]2C[C@H]2C=CCC123. The summed E-state index contributed by atoms with van der Waals surface area (Å²) in [5.74, 6) is 0.328. The molecule has 116 valence electrons. The molecule has 2 fully saturated rings. The Morgan fingerprint density at radius 3 is 1.96 bits per heavy atom. The second-order valence-electron chi connectivity index (χ2n) is 7.08. The lowest BCUT2D eigenvalue weighted by atomic mass is 9.62. The van der Waals surface area contributed by atoms with E-state index in [2.05, 4.69) is 24.3 Å². The minimum Gasteiger partial charge on any atom is -0.273 e. The van der Waals surface area contributed by atoms with Gasteiger partial charge in [0.1, 0.15) is 0 Å². The molecule has 0 aromatic heterocycles. The maximum atomic E-state index is 13.4. The summed E-state index contributed by atoms with van der Waals surface area (Å²) in [5.41, 5.74) is -0.505. The number of nitrogens with zero attached hydrogens (tertiary/aromatic N) is 1. The molecule has 2 unspecified atom stereocenters. The third kappa shape index (κ3) is 1.31. The summed E-state index contributed by atoms with van der Waals surface area (Å²) in [7, 11) is 0. The number of allylic oxidation sites excluding steroid dienone is 4. The lowest BCUT2D eigenvalue weighted by Crippen LogP contribution is -2.43. The van der Waals surface area contributed by atoms with E-state index in [0.29, 0.717) is 23.6 Å². The minimum atomic E-state index is -0.572. The van der Waals surface area contributed by atoms with Crippen LogP contribution >= 0.6 is 11.6 Å². The van der Waals surface area contributed by atoms with Crippen LogP contribution < -0.4 is 4.90 Å². The number of hydrogen-bond acceptors (Lipinski definition) is 2. The van der Waals surface area contributed by atoms with Crippen LogP contribution in [0.2, 0.25) is 5.02 Å². The first kappa shape index (κ1) is 13.6. The smallest absolute Gasteiger partial charge is 0.242 e. The van der Waals surface area contributed by atoms with Gasteiger partial charge in [0.15, 0.2) is 0 Å². The number of carbonyl (C=O) groups is 2. The van der Waals surface area contributed by atoms with Gasteiger partial charge in [-0.25, -0.2) is 4.90 Å². The van der Waals surface area contributed by atoms with Crippen LogP contribution in [0.25, 0.3) is 0 Å². The second kappa shape index (κ2) is 4.15. The highest BCUT2D eigenvalue weighted by Crippen LogP contribution is 2.72. The largest absolute Gasteiger partial charge is 0.273 e. The van der Waals surface area contributed by atoms with Gasteiger partial charge in [-0.15, -0.1) is 0 Å². The van der Waals surface area contributed by atoms with E-state index in [-0.39, 0.29) is 23.7 Å². The molecule has 4 atom stereocenters. The van der Waals surface area contributed by atoms with Gasteiger partial charge in [0.05, 0.1) is 16.5 Å². The molecule has 4 aliphatic rings. The fraction of sp³-hybridized carbons (Fsp3) is 0.368. The Kier molecular flexibility index (Phi) is 2.45. The van der Waals surface area contributed by atoms with Crippen molar-refractivity contribution < 1.29 is 9.59 Å². The fourth-order valence-electron chi connectivity index (χ4n) is 5.52. The number of benzene rings is 1. The summed E-state index contributed by atoms with van der Waals surface area (Å²) in [6, 6.07) is 6.99. The van der Waals surface area contributed by atoms with E-state index in [1.54, 1.807) is 24.3 Å². The zero-order chi connectivity index (χ0) is 15.8. The Morgan fingerprint density at radius 1 is 0.913 bits per heavy atom. The van der Waals surface area contributed by atoms with Crippen LogP contribution in [0.3, 0.4) is 0 Å². The van der Waals surface area contributed by atoms with Crippen molar-refractivity contribution in [2.45, 2.75) is 19.3 Å². The number of anilines is 1. The maximum Gasteiger partial charge on any atom is 0.242 e. The number of carbonyl (C=O) groups excluding carboxylic acids is 2. The van der Waals surface area contributed by atoms with E-state index in [9.17, 15) is 9.59 Å². The van der Waals surface area contributed by atoms with Crippen LogP contribution in [-0.4, -0.2) is 11.8 Å². The van der Waals surface area contributed by atoms with Crippen LogP contribution in [0.5, 0.6) is 0 Å². The Morgan fingerprint density at radius 2 is 1.43 bits per heavy atom. The number of amides is 2. The van der Waals surface area contributed by atoms with Crippen molar-refractivity contribution in [3.8, 4) is 0 Å². The van der Waals surface area contributed by atoms with Gasteiger partial charge in [-0.2, -0.15) is 0 Å². The summed E-state index contributed by atoms with van der Waals surface area (Å²) < 4.78 is 0. The predicted octanol–water partition coefficient (Wildman–Crippen LogP) is 3.74. The Balaban J connectivity index is 1.70. The van der Waals surface area contributed by atoms with Crippen molar-refractivity contribution in [3.63, 3.8) is 0 Å². The molecule has 4 heteroatoms. The highest BCUT2D eigenvalue weighted by Gasteiger charge is 2.78. The average Bonchev–Trinajstić information content (AvgIpc) is 3.21. The zero-order valence-corrected chi connectivity index (χ0v) is 13.3. The normalized spacial score (nSPS) is 40.0. The van der Waals surface area contributed by atoms with Crippen molar-refractivity contribution >= 4 is 29.1 Å². The summed E-state index contributed by atoms with van der Waals surface area (Å²) in [4.78, 5) is 28.3. The van der Waals surface area contributed by atoms with E-state index in [0.717, 1.165) is 6.42 Å². The van der Waals surface area contributed by atoms with Gasteiger partial charge >= 0.3 is 0 Å². The molecule has 5 rings (SSSR count). The van der Waals surface area contributed by atoms with Gasteiger partial charge in [0, 0.05) is 5.02 Å². The third-order valence-corrected chi connectivity index (χ3v) is 6.69. The first-order valence-corrected chi connectivity index (χ1v) is 8.47. The maximum absolute atomic E-state index is 13.4. The summed E-state index contributed by atoms with van der Waals surface area (Å²) in [6.07, 6.45) is 10.8. The van der Waals surface area contributed by atoms with Crippen LogP contribution in [0.1, 0.15) is 19.3 Å². The second-order valence-corrected chi connectivity index (χ2v) is 7.51. The molecule has 1 aliphatic heterocycles. The van der Waals surface area contributed by atoms with E-state index >= 15 is 0 Å². The van der Waals surface area contributed by atoms with Crippen LogP contribution in [0.4, 0.5) is 5.69 Å². The molecule has 0 N–H and O–H groups in total. The minimum absolute atomic E-state index is 0.0222. The number of halogens is 1. The van der Waals surface area contributed by atoms with Gasteiger partial charge in [-0.1, -0.05) is 35.9 Å². The number of imide groups is 1. The Labute approximate surface area is 139 Å². The molecule has 1 heterocycles. The molecule has 23 heavy (non-hydrogen) atoms. The average molecular weight is 326 g/mol. The van der Waals surface area contributed by atoms with Crippen LogP contribution in [0, 0.1) is 22.7 Å². The summed E-state index contributed by atoms with van der Waals surface area (Å²) in [5, 5.41) is 0.602. The molecule has 1 aromatic carbocycles. The zero-order valence-electron chi connectivity index (χ0n) is 12.5. The van der Waals surface area contributed by atoms with Crippen LogP contribution in [-0.2, 0) is 9.59 Å². The standard InChI is InChI=1S/C19H16ClNO2/c20-14-5-7-15(8-6-14)21-16(22)18-9-1-3-12(18)11-13-4-2-10-19(13,18)17(21)23/h1-8,12-13H,9-11H2/t12-,13+,18?,19?. The van der Waals surface area contributed by atoms with Crippen molar-refractivity contribution in [2.75, 3.05) is 4.90 Å². The highest BCUT2D eigenvalue weighted by molar-refractivity contribution is 6.31. The summed E-state index contributed by atoms with van der Waals surface area (Å²) in [6.45, 7) is 0. The predicted molar refractivity (Wildman–Crippen MR) is 87.9 cm³/mol. The van der Waals surface area contributed by atoms with Crippen LogP contribution in [0.15, 0.2) is 48.6 Å². The molecule has 0 radical (unpaired) electrons. The fourth-order valence-corrected chi connectivity index (χ4v) is 5.64. The molecule has 2 spiro atoms. The number of rotatable bonds is 1. The topological polar surface area (TPSA) is 37.4 Å². The Hall–Kier alpha value is -1.87. The molecule has 0 bridgehead atoms. The van der Waals surface area contributed by atoms with Crippen molar-refractivity contribution in [1.82, 2.24) is 0 Å². The van der Waals surface area contributed by atoms with E-state index < -0.39 is 10.8 Å². The lowest BCUT2D eigenvalue weighted by molar-refractivity contribution is -0.134. The van der Waals surface area contributed by atoms with Gasteiger partial charge < -0.3 is 0 Å². The first-order chi connectivity index (χ1) is 11.1. The lowest BCUT2D eigenvalue weighted by Gasteiger charge is -2.35. The van der Waals surface area contributed by atoms with Crippen molar-refractivity contribution in [1.29, 1.82) is 0 Å². The van der Waals surface area contributed by atoms with Gasteiger partial charge in [-0.05, 0) is 55.4 Å². The van der Waals surface area contributed by atoms with Gasteiger partial charge in [-0.3, -0.25) is 9.59 Å². The molecule has 3 aliphatic carbocycles. The first-order valence-electron chi connectivity index (χ1n) is 8.09. The monoisotopic (exact) mass is 325 g/mol.